The van der Waals surface area contributed by atoms with Gasteiger partial charge in [0.15, 0.2) is 0 Å². The van der Waals surface area contributed by atoms with E-state index < -0.39 is 0 Å². The predicted octanol–water partition coefficient (Wildman–Crippen LogP) is 4.44. The maximum absolute atomic E-state index is 6.05. The number of hydrogen-bond acceptors (Lipinski definition) is 2. The molecule has 0 amide bonds. The normalized spacial score (nSPS) is 10.3. The molecule has 0 aliphatic heterocycles. The highest BCUT2D eigenvalue weighted by molar-refractivity contribution is 7.80. The third-order valence-electron chi connectivity index (χ3n) is 3.14. The van der Waals surface area contributed by atoms with Crippen LogP contribution in [0, 0.1) is 6.92 Å². The van der Waals surface area contributed by atoms with E-state index in [1.54, 1.807) is 0 Å². The molecule has 0 spiro atoms. The van der Waals surface area contributed by atoms with Crippen molar-refractivity contribution in [2.45, 2.75) is 13.8 Å². The molecular weight excluding hydrogens is 288 g/mol. The highest BCUT2D eigenvalue weighted by Crippen LogP contribution is 2.30. The molecule has 2 N–H and O–H groups in total. The van der Waals surface area contributed by atoms with Crippen LogP contribution in [0.25, 0.3) is 0 Å². The van der Waals surface area contributed by atoms with Gasteiger partial charge >= 0.3 is 0 Å². The number of anilines is 2. The molecule has 0 saturated heterocycles. The Kier molecular flexibility index (Phi) is 4.63. The van der Waals surface area contributed by atoms with Crippen LogP contribution in [0.3, 0.4) is 0 Å². The van der Waals surface area contributed by atoms with Crippen LogP contribution in [0.15, 0.2) is 42.5 Å². The number of rotatable bonds is 4. The Hall–Kier alpha value is -1.58. The van der Waals surface area contributed by atoms with E-state index in [4.69, 9.17) is 29.6 Å². The summed E-state index contributed by atoms with van der Waals surface area (Å²) in [7, 11) is 0. The molecule has 2 aromatic rings. The lowest BCUT2D eigenvalue weighted by Crippen LogP contribution is -2.21. The molecule has 2 aromatic carbocycles. The SMILES string of the molecule is CCN(c1cccc(C)c1)c1ccc(Cl)cc1C(N)=S. The number of benzene rings is 2. The fourth-order valence-electron chi connectivity index (χ4n) is 2.23. The van der Waals surface area contributed by atoms with Gasteiger partial charge in [-0.3, -0.25) is 0 Å². The summed E-state index contributed by atoms with van der Waals surface area (Å²) < 4.78 is 0. The Labute approximate surface area is 130 Å². The second kappa shape index (κ2) is 6.25. The van der Waals surface area contributed by atoms with Crippen LogP contribution in [0.5, 0.6) is 0 Å². The largest absolute Gasteiger partial charge is 0.389 e. The molecule has 0 aromatic heterocycles. The maximum atomic E-state index is 6.05. The van der Waals surface area contributed by atoms with Gasteiger partial charge in [-0.05, 0) is 49.7 Å². The average Bonchev–Trinajstić information content (AvgIpc) is 2.41. The zero-order chi connectivity index (χ0) is 14.7. The van der Waals surface area contributed by atoms with Gasteiger partial charge in [0.25, 0.3) is 0 Å². The molecule has 0 saturated carbocycles. The lowest BCUT2D eigenvalue weighted by molar-refractivity contribution is 1.02. The average molecular weight is 305 g/mol. The van der Waals surface area contributed by atoms with Gasteiger partial charge in [-0.15, -0.1) is 0 Å². The number of aryl methyl sites for hydroxylation is 1. The third-order valence-corrected chi connectivity index (χ3v) is 3.60. The summed E-state index contributed by atoms with van der Waals surface area (Å²) in [6.07, 6.45) is 0. The minimum Gasteiger partial charge on any atom is -0.389 e. The van der Waals surface area contributed by atoms with Gasteiger partial charge in [-0.25, -0.2) is 0 Å². The van der Waals surface area contributed by atoms with E-state index in [1.807, 2.05) is 24.3 Å². The van der Waals surface area contributed by atoms with Crippen molar-refractivity contribution >= 4 is 40.2 Å². The zero-order valence-corrected chi connectivity index (χ0v) is 13.1. The van der Waals surface area contributed by atoms with Crippen molar-refractivity contribution in [3.05, 3.63) is 58.6 Å². The van der Waals surface area contributed by atoms with Crippen LogP contribution in [-0.4, -0.2) is 11.5 Å². The van der Waals surface area contributed by atoms with Crippen molar-refractivity contribution in [1.82, 2.24) is 0 Å². The first-order valence-corrected chi connectivity index (χ1v) is 7.25. The molecule has 0 heterocycles. The van der Waals surface area contributed by atoms with Gasteiger partial charge in [0.05, 0.1) is 5.69 Å². The lowest BCUT2D eigenvalue weighted by Gasteiger charge is -2.26. The molecule has 0 bridgehead atoms. The molecular formula is C16H17ClN2S. The summed E-state index contributed by atoms with van der Waals surface area (Å²) in [6.45, 7) is 4.99. The van der Waals surface area contributed by atoms with Crippen molar-refractivity contribution in [3.8, 4) is 0 Å². The van der Waals surface area contributed by atoms with E-state index in [9.17, 15) is 0 Å². The number of halogens is 1. The molecule has 0 radical (unpaired) electrons. The minimum absolute atomic E-state index is 0.355. The Balaban J connectivity index is 2.55. The molecule has 4 heteroatoms. The highest BCUT2D eigenvalue weighted by Gasteiger charge is 2.14. The van der Waals surface area contributed by atoms with Crippen LogP contribution in [0.4, 0.5) is 11.4 Å². The molecule has 0 atom stereocenters. The second-order valence-corrected chi connectivity index (χ2v) is 5.49. The van der Waals surface area contributed by atoms with Gasteiger partial charge in [-0.2, -0.15) is 0 Å². The van der Waals surface area contributed by atoms with E-state index in [-0.39, 0.29) is 0 Å². The van der Waals surface area contributed by atoms with Gasteiger partial charge < -0.3 is 10.6 Å². The number of thiocarbonyl (C=S) groups is 1. The van der Waals surface area contributed by atoms with Crippen LogP contribution < -0.4 is 10.6 Å². The van der Waals surface area contributed by atoms with Crippen molar-refractivity contribution < 1.29 is 0 Å². The number of hydrogen-bond donors (Lipinski definition) is 1. The number of nitrogens with zero attached hydrogens (tertiary/aromatic N) is 1. The van der Waals surface area contributed by atoms with E-state index >= 15 is 0 Å². The van der Waals surface area contributed by atoms with Crippen LogP contribution in [0.1, 0.15) is 18.1 Å². The molecule has 0 unspecified atom stereocenters. The molecule has 104 valence electrons. The first-order chi connectivity index (χ1) is 9.52. The minimum atomic E-state index is 0.355. The predicted molar refractivity (Wildman–Crippen MR) is 91.2 cm³/mol. The van der Waals surface area contributed by atoms with E-state index in [0.29, 0.717) is 10.0 Å². The van der Waals surface area contributed by atoms with Crippen LogP contribution in [-0.2, 0) is 0 Å². The fraction of sp³-hybridized carbons (Fsp3) is 0.188. The topological polar surface area (TPSA) is 29.3 Å². The van der Waals surface area contributed by atoms with E-state index in [1.165, 1.54) is 5.56 Å². The fourth-order valence-corrected chi connectivity index (χ4v) is 2.56. The van der Waals surface area contributed by atoms with E-state index in [2.05, 4.69) is 36.9 Å². The van der Waals surface area contributed by atoms with Gasteiger partial charge in [0.2, 0.25) is 0 Å². The van der Waals surface area contributed by atoms with Gasteiger partial charge in [0.1, 0.15) is 4.99 Å². The Morgan fingerprint density at radius 1 is 1.25 bits per heavy atom. The summed E-state index contributed by atoms with van der Waals surface area (Å²) in [5, 5.41) is 0.636. The quantitative estimate of drug-likeness (QED) is 0.847. The zero-order valence-electron chi connectivity index (χ0n) is 11.6. The standard InChI is InChI=1S/C16H17ClN2S/c1-3-19(13-6-4-5-11(2)9-13)15-8-7-12(17)10-14(15)16(18)20/h4-10H,3H2,1-2H3,(H2,18,20). The number of nitrogens with two attached hydrogens (primary N) is 1. The van der Waals surface area contributed by atoms with Crippen molar-refractivity contribution in [1.29, 1.82) is 0 Å². The highest BCUT2D eigenvalue weighted by atomic mass is 35.5. The molecule has 2 rings (SSSR count). The summed E-state index contributed by atoms with van der Waals surface area (Å²) in [5.41, 5.74) is 9.95. The van der Waals surface area contributed by atoms with Crippen molar-refractivity contribution in [2.75, 3.05) is 11.4 Å². The summed E-state index contributed by atoms with van der Waals surface area (Å²) in [4.78, 5) is 2.53. The summed E-state index contributed by atoms with van der Waals surface area (Å²) in [6, 6.07) is 14.0. The van der Waals surface area contributed by atoms with Crippen LogP contribution >= 0.6 is 23.8 Å². The Bertz CT molecular complexity index is 640. The molecule has 0 fully saturated rings. The van der Waals surface area contributed by atoms with Crippen LogP contribution in [0.2, 0.25) is 5.02 Å². The molecule has 0 aliphatic carbocycles. The monoisotopic (exact) mass is 304 g/mol. The molecule has 20 heavy (non-hydrogen) atoms. The summed E-state index contributed by atoms with van der Waals surface area (Å²) in [5.74, 6) is 0. The Morgan fingerprint density at radius 3 is 2.60 bits per heavy atom. The molecule has 0 aliphatic rings. The maximum Gasteiger partial charge on any atom is 0.106 e. The Morgan fingerprint density at radius 2 is 2.00 bits per heavy atom. The van der Waals surface area contributed by atoms with Gasteiger partial charge in [0, 0.05) is 22.8 Å². The lowest BCUT2D eigenvalue weighted by atomic mass is 10.1. The second-order valence-electron chi connectivity index (χ2n) is 4.61. The first kappa shape index (κ1) is 14.8. The summed E-state index contributed by atoms with van der Waals surface area (Å²) >= 11 is 11.2. The van der Waals surface area contributed by atoms with Crippen molar-refractivity contribution in [3.63, 3.8) is 0 Å². The van der Waals surface area contributed by atoms with Gasteiger partial charge in [-0.1, -0.05) is 36.0 Å². The van der Waals surface area contributed by atoms with E-state index in [0.717, 1.165) is 23.5 Å². The third kappa shape index (κ3) is 3.11. The first-order valence-electron chi connectivity index (χ1n) is 6.46. The molecule has 2 nitrogen and oxygen atoms in total. The van der Waals surface area contributed by atoms with Crippen molar-refractivity contribution in [2.24, 2.45) is 5.73 Å². The smallest absolute Gasteiger partial charge is 0.106 e.